The summed E-state index contributed by atoms with van der Waals surface area (Å²) in [7, 11) is 1.89. The summed E-state index contributed by atoms with van der Waals surface area (Å²) in [5, 5.41) is 17.7. The molecule has 1 aromatic rings. The maximum absolute atomic E-state index is 10.2. The molecule has 0 aromatic carbocycles. The summed E-state index contributed by atoms with van der Waals surface area (Å²) in [5.74, 6) is 0. The normalized spacial score (nSPS) is 29.8. The van der Waals surface area contributed by atoms with Gasteiger partial charge in [0, 0.05) is 39.4 Å². The number of hydrogen-bond donors (Lipinski definition) is 2. The second-order valence-corrected chi connectivity index (χ2v) is 4.45. The van der Waals surface area contributed by atoms with Crippen molar-refractivity contribution in [2.24, 2.45) is 7.05 Å². The number of rotatable bonds is 4. The van der Waals surface area contributed by atoms with Crippen molar-refractivity contribution in [3.05, 3.63) is 18.0 Å². The molecule has 0 spiro atoms. The van der Waals surface area contributed by atoms with Crippen molar-refractivity contribution < 1.29 is 9.84 Å². The lowest BCUT2D eigenvalue weighted by Gasteiger charge is -2.26. The Balaban J connectivity index is 1.79. The van der Waals surface area contributed by atoms with Crippen LogP contribution >= 0.6 is 0 Å². The molecule has 0 aliphatic carbocycles. The molecule has 5 heteroatoms. The Bertz CT molecular complexity index is 353. The lowest BCUT2D eigenvalue weighted by atomic mass is 9.97. The fraction of sp³-hybridized carbons (Fsp3) is 0.727. The van der Waals surface area contributed by atoms with Gasteiger partial charge in [-0.15, -0.1) is 0 Å². The Kier molecular flexibility index (Phi) is 3.28. The van der Waals surface area contributed by atoms with E-state index in [2.05, 4.69) is 10.4 Å². The van der Waals surface area contributed by atoms with Crippen LogP contribution in [0.4, 0.5) is 0 Å². The first-order valence-electron chi connectivity index (χ1n) is 5.63. The van der Waals surface area contributed by atoms with Gasteiger partial charge in [0.2, 0.25) is 0 Å². The van der Waals surface area contributed by atoms with Crippen LogP contribution in [-0.4, -0.2) is 39.7 Å². The maximum atomic E-state index is 10.2. The highest BCUT2D eigenvalue weighted by Crippen LogP contribution is 2.24. The van der Waals surface area contributed by atoms with E-state index < -0.39 is 5.60 Å². The molecule has 0 amide bonds. The number of aryl methyl sites for hydroxylation is 1. The first-order chi connectivity index (χ1) is 7.60. The average molecular weight is 225 g/mol. The molecular formula is C11H19N3O2. The highest BCUT2D eigenvalue weighted by molar-refractivity contribution is 4.99. The van der Waals surface area contributed by atoms with E-state index in [1.165, 1.54) is 0 Å². The van der Waals surface area contributed by atoms with E-state index in [1.54, 1.807) is 4.68 Å². The van der Waals surface area contributed by atoms with E-state index in [0.717, 1.165) is 5.69 Å². The standard InChI is InChI=1S/C11H19N3O2/c1-9-11(15,4-6-16-9)8-12-7-10-3-5-14(2)13-10/h3,5,9,12,15H,4,6-8H2,1-2H3. The highest BCUT2D eigenvalue weighted by atomic mass is 16.5. The van der Waals surface area contributed by atoms with E-state index in [4.69, 9.17) is 4.74 Å². The van der Waals surface area contributed by atoms with Crippen molar-refractivity contribution in [3.8, 4) is 0 Å². The van der Waals surface area contributed by atoms with Crippen molar-refractivity contribution in [2.45, 2.75) is 31.6 Å². The Morgan fingerprint density at radius 2 is 2.56 bits per heavy atom. The van der Waals surface area contributed by atoms with Crippen LogP contribution in [0.2, 0.25) is 0 Å². The molecule has 0 radical (unpaired) electrons. The average Bonchev–Trinajstić information content (AvgIpc) is 2.76. The van der Waals surface area contributed by atoms with Gasteiger partial charge in [-0.2, -0.15) is 5.10 Å². The van der Waals surface area contributed by atoms with Crippen molar-refractivity contribution >= 4 is 0 Å². The van der Waals surface area contributed by atoms with Gasteiger partial charge in [-0.25, -0.2) is 0 Å². The maximum Gasteiger partial charge on any atom is 0.105 e. The van der Waals surface area contributed by atoms with Crippen molar-refractivity contribution in [1.82, 2.24) is 15.1 Å². The lowest BCUT2D eigenvalue weighted by molar-refractivity contribution is -0.0263. The molecule has 2 heterocycles. The Hall–Kier alpha value is -0.910. The molecule has 1 aliphatic rings. The Morgan fingerprint density at radius 3 is 3.12 bits per heavy atom. The van der Waals surface area contributed by atoms with Crippen LogP contribution in [0.25, 0.3) is 0 Å². The van der Waals surface area contributed by atoms with Gasteiger partial charge in [-0.3, -0.25) is 4.68 Å². The van der Waals surface area contributed by atoms with Gasteiger partial charge in [-0.1, -0.05) is 0 Å². The molecule has 90 valence electrons. The summed E-state index contributed by atoms with van der Waals surface area (Å²) in [6, 6.07) is 1.96. The minimum absolute atomic E-state index is 0.0938. The van der Waals surface area contributed by atoms with Gasteiger partial charge in [-0.05, 0) is 13.0 Å². The monoisotopic (exact) mass is 225 g/mol. The van der Waals surface area contributed by atoms with Gasteiger partial charge in [0.25, 0.3) is 0 Å². The van der Waals surface area contributed by atoms with E-state index in [-0.39, 0.29) is 6.10 Å². The molecule has 1 fully saturated rings. The quantitative estimate of drug-likeness (QED) is 0.760. The molecule has 2 atom stereocenters. The SMILES string of the molecule is CC1OCCC1(O)CNCc1ccn(C)n1. The topological polar surface area (TPSA) is 59.3 Å². The number of nitrogens with one attached hydrogen (secondary N) is 1. The van der Waals surface area contributed by atoms with Gasteiger partial charge in [0.15, 0.2) is 0 Å². The third-order valence-corrected chi connectivity index (χ3v) is 3.17. The first-order valence-corrected chi connectivity index (χ1v) is 5.63. The second-order valence-electron chi connectivity index (χ2n) is 4.45. The highest BCUT2D eigenvalue weighted by Gasteiger charge is 2.38. The zero-order chi connectivity index (χ0) is 11.6. The minimum Gasteiger partial charge on any atom is -0.386 e. The Labute approximate surface area is 95.4 Å². The number of nitrogens with zero attached hydrogens (tertiary/aromatic N) is 2. The van der Waals surface area contributed by atoms with Crippen LogP contribution in [0.3, 0.4) is 0 Å². The zero-order valence-electron chi connectivity index (χ0n) is 9.81. The number of hydrogen-bond acceptors (Lipinski definition) is 4. The summed E-state index contributed by atoms with van der Waals surface area (Å²) >= 11 is 0. The molecule has 1 saturated heterocycles. The van der Waals surface area contributed by atoms with Crippen LogP contribution in [0.15, 0.2) is 12.3 Å². The molecule has 2 unspecified atom stereocenters. The largest absolute Gasteiger partial charge is 0.386 e. The zero-order valence-corrected chi connectivity index (χ0v) is 9.81. The van der Waals surface area contributed by atoms with Gasteiger partial charge in [0.05, 0.1) is 11.8 Å². The van der Waals surface area contributed by atoms with E-state index in [9.17, 15) is 5.11 Å². The molecule has 2 rings (SSSR count). The number of aliphatic hydroxyl groups is 1. The van der Waals surface area contributed by atoms with Crippen LogP contribution in [-0.2, 0) is 18.3 Å². The summed E-state index contributed by atoms with van der Waals surface area (Å²) in [6.07, 6.45) is 2.51. The summed E-state index contributed by atoms with van der Waals surface area (Å²) < 4.78 is 7.14. The van der Waals surface area contributed by atoms with Crippen LogP contribution in [0.1, 0.15) is 19.0 Å². The minimum atomic E-state index is -0.727. The van der Waals surface area contributed by atoms with Crippen LogP contribution in [0, 0.1) is 0 Å². The second kappa shape index (κ2) is 4.53. The number of ether oxygens (including phenoxy) is 1. The van der Waals surface area contributed by atoms with Gasteiger partial charge >= 0.3 is 0 Å². The van der Waals surface area contributed by atoms with Crippen molar-refractivity contribution in [1.29, 1.82) is 0 Å². The van der Waals surface area contributed by atoms with E-state index >= 15 is 0 Å². The van der Waals surface area contributed by atoms with Crippen LogP contribution in [0.5, 0.6) is 0 Å². The molecule has 5 nitrogen and oxygen atoms in total. The number of aromatic nitrogens is 2. The van der Waals surface area contributed by atoms with Gasteiger partial charge in [0.1, 0.15) is 5.60 Å². The summed E-state index contributed by atoms with van der Waals surface area (Å²) in [6.45, 7) is 3.78. The summed E-state index contributed by atoms with van der Waals surface area (Å²) in [5.41, 5.74) is 0.257. The van der Waals surface area contributed by atoms with Crippen molar-refractivity contribution in [3.63, 3.8) is 0 Å². The van der Waals surface area contributed by atoms with E-state index in [0.29, 0.717) is 26.1 Å². The molecule has 2 N–H and O–H groups in total. The molecule has 1 aromatic heterocycles. The molecule has 0 bridgehead atoms. The summed E-state index contributed by atoms with van der Waals surface area (Å²) in [4.78, 5) is 0. The molecule has 1 aliphatic heterocycles. The predicted molar refractivity (Wildman–Crippen MR) is 59.9 cm³/mol. The third kappa shape index (κ3) is 2.42. The smallest absolute Gasteiger partial charge is 0.105 e. The molecule has 0 saturated carbocycles. The van der Waals surface area contributed by atoms with Gasteiger partial charge < -0.3 is 15.2 Å². The van der Waals surface area contributed by atoms with Crippen molar-refractivity contribution in [2.75, 3.05) is 13.2 Å². The molecular weight excluding hydrogens is 206 g/mol. The lowest BCUT2D eigenvalue weighted by Crippen LogP contribution is -2.45. The predicted octanol–water partition coefficient (Wildman–Crippen LogP) is 0.0496. The first kappa shape index (κ1) is 11.6. The Morgan fingerprint density at radius 1 is 1.75 bits per heavy atom. The van der Waals surface area contributed by atoms with Crippen LogP contribution < -0.4 is 5.32 Å². The fourth-order valence-corrected chi connectivity index (χ4v) is 1.97. The fourth-order valence-electron chi connectivity index (χ4n) is 1.97. The van der Waals surface area contributed by atoms with E-state index in [1.807, 2.05) is 26.2 Å². The molecule has 16 heavy (non-hydrogen) atoms. The third-order valence-electron chi connectivity index (χ3n) is 3.17.